The minimum Gasteiger partial charge on any atom is -0.432 e. The molecule has 224 valence electrons. The maximum absolute atomic E-state index is 14.0. The first kappa shape index (κ1) is 29.4. The third kappa shape index (κ3) is 4.17. The summed E-state index contributed by atoms with van der Waals surface area (Å²) in [5, 5.41) is 26.9. The van der Waals surface area contributed by atoms with E-state index in [-0.39, 0.29) is 37.1 Å². The fourth-order valence-electron chi connectivity index (χ4n) is 7.98. The van der Waals surface area contributed by atoms with Crippen molar-refractivity contribution in [1.82, 2.24) is 15.4 Å². The molecule has 41 heavy (non-hydrogen) atoms. The van der Waals surface area contributed by atoms with Crippen LogP contribution in [0.4, 0.5) is 21.0 Å². The van der Waals surface area contributed by atoms with Crippen LogP contribution in [0.15, 0.2) is 18.2 Å². The Morgan fingerprint density at radius 3 is 1.73 bits per heavy atom. The van der Waals surface area contributed by atoms with Crippen molar-refractivity contribution < 1.29 is 34.3 Å². The molecular formula is C29H41N5O7. The van der Waals surface area contributed by atoms with Crippen molar-refractivity contribution in [2.24, 2.45) is 0 Å². The molecular weight excluding hydrogens is 530 g/mol. The van der Waals surface area contributed by atoms with Gasteiger partial charge in [0.1, 0.15) is 5.54 Å². The number of nitrogens with one attached hydrogen (secondary N) is 1. The number of amides is 5. The maximum Gasteiger partial charge on any atom is 0.422 e. The number of hydrogen-bond acceptors (Lipinski definition) is 9. The average Bonchev–Trinajstić information content (AvgIpc) is 3.17. The highest BCUT2D eigenvalue weighted by molar-refractivity contribution is 6.25. The van der Waals surface area contributed by atoms with Gasteiger partial charge in [0.15, 0.2) is 5.60 Å². The van der Waals surface area contributed by atoms with E-state index in [2.05, 4.69) is 5.32 Å². The van der Waals surface area contributed by atoms with E-state index in [1.165, 1.54) is 16.2 Å². The molecule has 0 bridgehead atoms. The Morgan fingerprint density at radius 2 is 1.22 bits per heavy atom. The molecule has 12 nitrogen and oxygen atoms in total. The topological polar surface area (TPSA) is 143 Å². The SMILES string of the molecule is Cc1ccc(N2C(=O)OC3(CC(C)(C)N(O)C(C)(C)C3)C2=O)cc1N1C(=O)NC2(CC(C)(C)N(O)C(C)(C)C2)C1=O. The Hall–Kier alpha value is -3.06. The Kier molecular flexibility index (Phi) is 6.10. The van der Waals surface area contributed by atoms with Crippen LogP contribution in [0.2, 0.25) is 0 Å². The summed E-state index contributed by atoms with van der Waals surface area (Å²) < 4.78 is 5.78. The van der Waals surface area contributed by atoms with E-state index in [0.717, 1.165) is 9.80 Å². The lowest BCUT2D eigenvalue weighted by molar-refractivity contribution is -0.267. The molecule has 0 aromatic heterocycles. The molecule has 1 aromatic rings. The van der Waals surface area contributed by atoms with Gasteiger partial charge in [0, 0.05) is 35.0 Å². The summed E-state index contributed by atoms with van der Waals surface area (Å²) in [6.07, 6.45) is -0.305. The van der Waals surface area contributed by atoms with Gasteiger partial charge in [-0.15, -0.1) is 0 Å². The minimum absolute atomic E-state index is 0.0860. The molecule has 0 aliphatic carbocycles. The van der Waals surface area contributed by atoms with Crippen LogP contribution in [0.3, 0.4) is 0 Å². The first-order valence-corrected chi connectivity index (χ1v) is 13.9. The molecule has 0 atom stereocenters. The van der Waals surface area contributed by atoms with Crippen LogP contribution < -0.4 is 15.1 Å². The van der Waals surface area contributed by atoms with Gasteiger partial charge in [-0.2, -0.15) is 10.1 Å². The number of nitrogens with zero attached hydrogens (tertiary/aromatic N) is 4. The fraction of sp³-hybridized carbons (Fsp3) is 0.655. The summed E-state index contributed by atoms with van der Waals surface area (Å²) in [7, 11) is 0. The molecule has 2 spiro atoms. The lowest BCUT2D eigenvalue weighted by atomic mass is 9.70. The van der Waals surface area contributed by atoms with E-state index in [1.807, 2.05) is 27.7 Å². The van der Waals surface area contributed by atoms with Crippen molar-refractivity contribution >= 4 is 35.3 Å². The van der Waals surface area contributed by atoms with Gasteiger partial charge in [0.2, 0.25) is 0 Å². The third-order valence-electron chi connectivity index (χ3n) is 9.11. The summed E-state index contributed by atoms with van der Waals surface area (Å²) in [4.78, 5) is 56.6. The van der Waals surface area contributed by atoms with Gasteiger partial charge in [-0.05, 0) is 92.9 Å². The summed E-state index contributed by atoms with van der Waals surface area (Å²) in [6, 6.07) is 4.10. The predicted octanol–water partition coefficient (Wildman–Crippen LogP) is 4.10. The summed E-state index contributed by atoms with van der Waals surface area (Å²) in [5.41, 5.74) is -5.02. The normalized spacial score (nSPS) is 28.0. The van der Waals surface area contributed by atoms with Gasteiger partial charge in [-0.3, -0.25) is 9.59 Å². The Labute approximate surface area is 240 Å². The number of imide groups is 2. The predicted molar refractivity (Wildman–Crippen MR) is 149 cm³/mol. The molecule has 4 fully saturated rings. The number of ether oxygens (including phenoxy) is 1. The number of anilines is 2. The number of carbonyl (C=O) groups is 4. The van der Waals surface area contributed by atoms with Crippen LogP contribution in [-0.4, -0.2) is 77.8 Å². The van der Waals surface area contributed by atoms with Gasteiger partial charge in [-0.25, -0.2) is 19.4 Å². The molecule has 0 radical (unpaired) electrons. The standard InChI is InChI=1S/C29H41N5O7/c1-17-10-11-18(31-21(36)29(41-23(31)38)15-26(6,7)34(40)27(8,9)16-29)12-19(17)32-20(35)28(30-22(32)37)13-24(2,3)33(39)25(4,5)14-28/h10-12,39-40H,13-16H2,1-9H3,(H,30,37). The van der Waals surface area contributed by atoms with Crippen molar-refractivity contribution in [3.05, 3.63) is 23.8 Å². The molecule has 1 aromatic carbocycles. The number of hydroxylamine groups is 4. The van der Waals surface area contributed by atoms with Gasteiger partial charge < -0.3 is 20.5 Å². The van der Waals surface area contributed by atoms with Crippen LogP contribution in [0.1, 0.15) is 86.6 Å². The molecule has 5 amide bonds. The van der Waals surface area contributed by atoms with E-state index < -0.39 is 57.2 Å². The number of carbonyl (C=O) groups excluding carboxylic acids is 4. The van der Waals surface area contributed by atoms with Gasteiger partial charge in [0.25, 0.3) is 11.8 Å². The molecule has 4 aliphatic rings. The second kappa shape index (κ2) is 8.50. The highest BCUT2D eigenvalue weighted by Gasteiger charge is 2.64. The average molecular weight is 572 g/mol. The van der Waals surface area contributed by atoms with Gasteiger partial charge in [0.05, 0.1) is 11.4 Å². The number of aryl methyl sites for hydroxylation is 1. The number of benzene rings is 1. The van der Waals surface area contributed by atoms with Crippen LogP contribution in [0.5, 0.6) is 0 Å². The van der Waals surface area contributed by atoms with Crippen molar-refractivity contribution in [2.45, 2.75) is 121 Å². The van der Waals surface area contributed by atoms with E-state index >= 15 is 0 Å². The lowest BCUT2D eigenvalue weighted by Crippen LogP contribution is -2.68. The van der Waals surface area contributed by atoms with Crippen LogP contribution in [0, 0.1) is 6.92 Å². The molecule has 4 saturated heterocycles. The molecule has 3 N–H and O–H groups in total. The van der Waals surface area contributed by atoms with Crippen molar-refractivity contribution in [2.75, 3.05) is 9.80 Å². The summed E-state index contributed by atoms with van der Waals surface area (Å²) >= 11 is 0. The quantitative estimate of drug-likeness (QED) is 0.447. The van der Waals surface area contributed by atoms with Crippen LogP contribution >= 0.6 is 0 Å². The van der Waals surface area contributed by atoms with Gasteiger partial charge >= 0.3 is 12.1 Å². The molecule has 0 unspecified atom stereocenters. The fourth-order valence-corrected chi connectivity index (χ4v) is 7.98. The zero-order chi connectivity index (χ0) is 30.7. The number of hydrogen-bond donors (Lipinski definition) is 3. The van der Waals surface area contributed by atoms with E-state index in [0.29, 0.717) is 5.56 Å². The van der Waals surface area contributed by atoms with Gasteiger partial charge in [-0.1, -0.05) is 6.07 Å². The number of urea groups is 1. The third-order valence-corrected chi connectivity index (χ3v) is 9.11. The highest BCUT2D eigenvalue weighted by atomic mass is 16.6. The summed E-state index contributed by atoms with van der Waals surface area (Å²) in [5.74, 6) is -1.01. The minimum atomic E-state index is -1.48. The maximum atomic E-state index is 14.0. The van der Waals surface area contributed by atoms with Crippen molar-refractivity contribution in [3.8, 4) is 0 Å². The first-order chi connectivity index (χ1) is 18.6. The lowest BCUT2D eigenvalue weighted by Gasteiger charge is -2.54. The zero-order valence-electron chi connectivity index (χ0n) is 25.3. The molecule has 4 heterocycles. The Bertz CT molecular complexity index is 1330. The van der Waals surface area contributed by atoms with E-state index in [1.54, 1.807) is 46.8 Å². The number of piperidine rings is 2. The van der Waals surface area contributed by atoms with E-state index in [9.17, 15) is 29.6 Å². The molecule has 5 rings (SSSR count). The van der Waals surface area contributed by atoms with Crippen LogP contribution in [-0.2, 0) is 14.3 Å². The monoisotopic (exact) mass is 571 g/mol. The zero-order valence-corrected chi connectivity index (χ0v) is 25.3. The second-order valence-corrected chi connectivity index (χ2v) is 14.7. The van der Waals surface area contributed by atoms with Crippen molar-refractivity contribution in [1.29, 1.82) is 0 Å². The molecule has 12 heteroatoms. The largest absolute Gasteiger partial charge is 0.432 e. The van der Waals surface area contributed by atoms with Crippen molar-refractivity contribution in [3.63, 3.8) is 0 Å². The second-order valence-electron chi connectivity index (χ2n) is 14.7. The Balaban J connectivity index is 1.51. The highest BCUT2D eigenvalue weighted by Crippen LogP contribution is 2.49. The molecule has 0 saturated carbocycles. The Morgan fingerprint density at radius 1 is 0.732 bits per heavy atom. The van der Waals surface area contributed by atoms with Crippen LogP contribution in [0.25, 0.3) is 0 Å². The number of rotatable bonds is 2. The van der Waals surface area contributed by atoms with E-state index in [4.69, 9.17) is 4.74 Å². The first-order valence-electron chi connectivity index (χ1n) is 13.9. The smallest absolute Gasteiger partial charge is 0.422 e. The molecule has 4 aliphatic heterocycles. The summed E-state index contributed by atoms with van der Waals surface area (Å²) in [6.45, 7) is 16.1.